The summed E-state index contributed by atoms with van der Waals surface area (Å²) >= 11 is 0. The van der Waals surface area contributed by atoms with Crippen LogP contribution in [0.1, 0.15) is 12.5 Å². The van der Waals surface area contributed by atoms with Crippen LogP contribution in [-0.2, 0) is 0 Å². The van der Waals surface area contributed by atoms with Crippen molar-refractivity contribution < 1.29 is 0 Å². The van der Waals surface area contributed by atoms with Crippen LogP contribution in [0.5, 0.6) is 0 Å². The van der Waals surface area contributed by atoms with E-state index in [0.717, 1.165) is 0 Å². The van der Waals surface area contributed by atoms with Crippen LogP contribution in [0.3, 0.4) is 0 Å². The van der Waals surface area contributed by atoms with Gasteiger partial charge in [-0.2, -0.15) is 0 Å². The van der Waals surface area contributed by atoms with Crippen LogP contribution < -0.4 is 0 Å². The molecule has 0 fully saturated rings. The smallest absolute Gasteiger partial charge is 0.0186 e. The van der Waals surface area contributed by atoms with Gasteiger partial charge in [-0.3, -0.25) is 0 Å². The van der Waals surface area contributed by atoms with E-state index in [1.54, 1.807) is 0 Å². The molecular formula is C15H16S2. The van der Waals surface area contributed by atoms with Gasteiger partial charge in [-0.05, 0) is 31.1 Å². The Balaban J connectivity index is 1.94. The summed E-state index contributed by atoms with van der Waals surface area (Å²) in [6.07, 6.45) is 11.0. The third-order valence-electron chi connectivity index (χ3n) is 2.49. The van der Waals surface area contributed by atoms with Crippen molar-refractivity contribution in [2.45, 2.75) is 18.7 Å². The van der Waals surface area contributed by atoms with E-state index in [1.165, 1.54) is 15.4 Å². The topological polar surface area (TPSA) is 0 Å². The minimum atomic E-state index is 0.536. The van der Waals surface area contributed by atoms with E-state index in [1.807, 2.05) is 21.6 Å². The molecule has 2 rings (SSSR count). The summed E-state index contributed by atoms with van der Waals surface area (Å²) in [5.74, 6) is 0.536. The summed E-state index contributed by atoms with van der Waals surface area (Å²) in [5, 5.41) is 0. The Labute approximate surface area is 111 Å². The van der Waals surface area contributed by atoms with E-state index < -0.39 is 0 Å². The second-order valence-electron chi connectivity index (χ2n) is 4.15. The maximum Gasteiger partial charge on any atom is 0.0186 e. The molecule has 1 aliphatic carbocycles. The van der Waals surface area contributed by atoms with Crippen LogP contribution >= 0.6 is 21.6 Å². The van der Waals surface area contributed by atoms with Crippen molar-refractivity contribution in [1.82, 2.24) is 0 Å². The average Bonchev–Trinajstić information content (AvgIpc) is 2.54. The summed E-state index contributed by atoms with van der Waals surface area (Å²) in [5.41, 5.74) is 1.31. The van der Waals surface area contributed by atoms with E-state index in [2.05, 4.69) is 68.5 Å². The first-order valence-electron chi connectivity index (χ1n) is 5.72. The second kappa shape index (κ2) is 6.18. The predicted molar refractivity (Wildman–Crippen MR) is 80.2 cm³/mol. The van der Waals surface area contributed by atoms with Crippen LogP contribution in [0.25, 0.3) is 0 Å². The fourth-order valence-corrected chi connectivity index (χ4v) is 3.39. The highest BCUT2D eigenvalue weighted by Crippen LogP contribution is 2.38. The fraction of sp³-hybridized carbons (Fsp3) is 0.200. The van der Waals surface area contributed by atoms with Crippen molar-refractivity contribution in [3.05, 3.63) is 65.1 Å². The molecule has 88 valence electrons. The first kappa shape index (κ1) is 12.6. The highest BCUT2D eigenvalue weighted by Gasteiger charge is 2.00. The standard InChI is InChI=1S/C15H16S2/c1-12-4-3-5-14(9-6-12)16-17-15-10-7-13(2)8-11-15/h3-12H,1-2H3/t12-/m1/s1. The molecule has 1 aromatic rings. The Kier molecular flexibility index (Phi) is 4.57. The lowest BCUT2D eigenvalue weighted by Gasteiger charge is -2.01. The summed E-state index contributed by atoms with van der Waals surface area (Å²) < 4.78 is 0. The zero-order chi connectivity index (χ0) is 12.1. The molecule has 0 amide bonds. The van der Waals surface area contributed by atoms with Crippen LogP contribution in [-0.4, -0.2) is 0 Å². The maximum atomic E-state index is 2.23. The van der Waals surface area contributed by atoms with Crippen LogP contribution in [0, 0.1) is 12.8 Å². The van der Waals surface area contributed by atoms with Gasteiger partial charge in [0.05, 0.1) is 0 Å². The minimum absolute atomic E-state index is 0.536. The second-order valence-corrected chi connectivity index (χ2v) is 6.43. The number of rotatable bonds is 3. The van der Waals surface area contributed by atoms with Crippen molar-refractivity contribution >= 4 is 21.6 Å². The van der Waals surface area contributed by atoms with E-state index >= 15 is 0 Å². The molecule has 0 aliphatic heterocycles. The van der Waals surface area contributed by atoms with Gasteiger partial charge in [0.2, 0.25) is 0 Å². The Bertz CT molecular complexity index is 452. The molecule has 0 spiro atoms. The zero-order valence-electron chi connectivity index (χ0n) is 10.1. The van der Waals surface area contributed by atoms with Crippen molar-refractivity contribution in [2.24, 2.45) is 5.92 Å². The fourth-order valence-electron chi connectivity index (χ4n) is 1.44. The van der Waals surface area contributed by atoms with Crippen molar-refractivity contribution in [2.75, 3.05) is 0 Å². The molecule has 0 unspecified atom stereocenters. The quantitative estimate of drug-likeness (QED) is 0.669. The molecule has 17 heavy (non-hydrogen) atoms. The predicted octanol–water partition coefficient (Wildman–Crippen LogP) is 5.38. The minimum Gasteiger partial charge on any atom is -0.0779 e. The lowest BCUT2D eigenvalue weighted by Crippen LogP contribution is -1.78. The molecule has 0 N–H and O–H groups in total. The normalized spacial score (nSPS) is 18.9. The lowest BCUT2D eigenvalue weighted by molar-refractivity contribution is 0.942. The molecule has 0 heterocycles. The van der Waals surface area contributed by atoms with Crippen molar-refractivity contribution in [3.63, 3.8) is 0 Å². The number of hydrogen-bond donors (Lipinski definition) is 0. The molecule has 0 radical (unpaired) electrons. The van der Waals surface area contributed by atoms with E-state index in [9.17, 15) is 0 Å². The molecule has 1 aromatic carbocycles. The Morgan fingerprint density at radius 1 is 1.00 bits per heavy atom. The molecule has 1 aliphatic rings. The average molecular weight is 260 g/mol. The van der Waals surface area contributed by atoms with E-state index in [0.29, 0.717) is 5.92 Å². The largest absolute Gasteiger partial charge is 0.0779 e. The summed E-state index contributed by atoms with van der Waals surface area (Å²) in [7, 11) is 3.62. The third kappa shape index (κ3) is 4.14. The molecule has 0 saturated heterocycles. The third-order valence-corrected chi connectivity index (χ3v) is 4.91. The molecule has 0 aromatic heterocycles. The molecule has 0 saturated carbocycles. The van der Waals surface area contributed by atoms with Crippen molar-refractivity contribution in [3.8, 4) is 0 Å². The molecule has 0 nitrogen and oxygen atoms in total. The van der Waals surface area contributed by atoms with Crippen LogP contribution in [0.2, 0.25) is 0 Å². The van der Waals surface area contributed by atoms with Gasteiger partial charge in [0.15, 0.2) is 0 Å². The SMILES string of the molecule is Cc1ccc(SSC2=CC=C[C@@H](C)C=C2)cc1. The number of hydrogen-bond acceptors (Lipinski definition) is 2. The van der Waals surface area contributed by atoms with Gasteiger partial charge in [-0.25, -0.2) is 0 Å². The first-order valence-corrected chi connectivity index (χ1v) is 7.87. The highest BCUT2D eigenvalue weighted by molar-refractivity contribution is 8.78. The van der Waals surface area contributed by atoms with E-state index in [4.69, 9.17) is 0 Å². The van der Waals surface area contributed by atoms with Crippen LogP contribution in [0.4, 0.5) is 0 Å². The molecule has 2 heteroatoms. The highest BCUT2D eigenvalue weighted by atomic mass is 33.1. The number of benzene rings is 1. The molecule has 1 atom stereocenters. The number of allylic oxidation sites excluding steroid dienone is 5. The summed E-state index contributed by atoms with van der Waals surface area (Å²) in [6.45, 7) is 4.31. The van der Waals surface area contributed by atoms with Gasteiger partial charge in [0.1, 0.15) is 0 Å². The van der Waals surface area contributed by atoms with Gasteiger partial charge in [-0.1, -0.05) is 70.5 Å². The van der Waals surface area contributed by atoms with Crippen molar-refractivity contribution in [1.29, 1.82) is 0 Å². The zero-order valence-corrected chi connectivity index (χ0v) is 11.7. The number of aryl methyl sites for hydroxylation is 1. The molecule has 0 bridgehead atoms. The van der Waals surface area contributed by atoms with Gasteiger partial charge in [-0.15, -0.1) is 0 Å². The Morgan fingerprint density at radius 3 is 2.53 bits per heavy atom. The lowest BCUT2D eigenvalue weighted by atomic mass is 10.2. The maximum absolute atomic E-state index is 2.23. The first-order chi connectivity index (χ1) is 8.24. The van der Waals surface area contributed by atoms with Crippen LogP contribution in [0.15, 0.2) is 64.4 Å². The monoisotopic (exact) mass is 260 g/mol. The Hall–Kier alpha value is -0.860. The van der Waals surface area contributed by atoms with Gasteiger partial charge in [0.25, 0.3) is 0 Å². The summed E-state index contributed by atoms with van der Waals surface area (Å²) in [6, 6.07) is 8.66. The summed E-state index contributed by atoms with van der Waals surface area (Å²) in [4.78, 5) is 2.60. The molecular weight excluding hydrogens is 244 g/mol. The Morgan fingerprint density at radius 2 is 1.76 bits per heavy atom. The van der Waals surface area contributed by atoms with E-state index in [-0.39, 0.29) is 0 Å². The van der Waals surface area contributed by atoms with Gasteiger partial charge >= 0.3 is 0 Å². The van der Waals surface area contributed by atoms with Gasteiger partial charge in [0, 0.05) is 9.80 Å². The van der Waals surface area contributed by atoms with Gasteiger partial charge < -0.3 is 0 Å².